The highest BCUT2D eigenvalue weighted by molar-refractivity contribution is 7.87. The molecule has 0 spiro atoms. The molecular weight excluding hydrogens is 434 g/mol. The van der Waals surface area contributed by atoms with E-state index in [1.54, 1.807) is 19.5 Å². The lowest BCUT2D eigenvalue weighted by molar-refractivity contribution is -0.117. The van der Waals surface area contributed by atoms with Gasteiger partial charge in [0.25, 0.3) is 0 Å². The highest BCUT2D eigenvalue weighted by atomic mass is 32.2. The Balaban J connectivity index is 1.41. The van der Waals surface area contributed by atoms with Crippen LogP contribution in [0.5, 0.6) is 5.88 Å². The summed E-state index contributed by atoms with van der Waals surface area (Å²) in [7, 11) is 0.450. The zero-order valence-corrected chi connectivity index (χ0v) is 18.8. The van der Waals surface area contributed by atoms with Crippen molar-refractivity contribution in [1.29, 1.82) is 0 Å². The lowest BCUT2D eigenvalue weighted by Crippen LogP contribution is -2.21. The van der Waals surface area contributed by atoms with Crippen molar-refractivity contribution in [3.8, 4) is 17.1 Å². The number of hydrogen-bond donors (Lipinski definition) is 2. The molecule has 1 amide bonds. The number of aromatic nitrogens is 3. The highest BCUT2D eigenvalue weighted by Crippen LogP contribution is 2.30. The molecule has 2 atom stereocenters. The molecular formula is C21H23N5O3S2. The predicted octanol–water partition coefficient (Wildman–Crippen LogP) is 3.98. The van der Waals surface area contributed by atoms with Crippen LogP contribution in [0.2, 0.25) is 0 Å². The zero-order valence-electron chi connectivity index (χ0n) is 17.2. The Morgan fingerprint density at radius 2 is 2.03 bits per heavy atom. The Hall–Kier alpha value is -2.85. The fourth-order valence-electron chi connectivity index (χ4n) is 3.01. The molecule has 2 aromatic heterocycles. The summed E-state index contributed by atoms with van der Waals surface area (Å²) in [5.74, 6) is -0.0690. The van der Waals surface area contributed by atoms with Gasteiger partial charge < -0.3 is 10.1 Å². The Morgan fingerprint density at radius 1 is 1.26 bits per heavy atom. The molecule has 0 saturated heterocycles. The second kappa shape index (κ2) is 9.52. The average Bonchev–Trinajstić information content (AvgIpc) is 3.55. The SMILES string of the molecule is CCC(C(=O)Nc1ccc(-c2cncc(OC)n2)cc1)c1csc(NS(=O)C2CC2)n1. The maximum Gasteiger partial charge on any atom is 0.233 e. The molecule has 1 aliphatic carbocycles. The summed E-state index contributed by atoms with van der Waals surface area (Å²) in [4.78, 5) is 25.8. The van der Waals surface area contributed by atoms with Crippen LogP contribution in [0.1, 0.15) is 37.8 Å². The third kappa shape index (κ3) is 5.26. The number of amides is 1. The van der Waals surface area contributed by atoms with E-state index in [1.807, 2.05) is 36.6 Å². The van der Waals surface area contributed by atoms with Gasteiger partial charge in [-0.25, -0.2) is 14.2 Å². The molecule has 1 fully saturated rings. The predicted molar refractivity (Wildman–Crippen MR) is 123 cm³/mol. The number of methoxy groups -OCH3 is 1. The normalized spacial score (nSPS) is 15.2. The summed E-state index contributed by atoms with van der Waals surface area (Å²) in [6, 6.07) is 7.40. The molecule has 0 bridgehead atoms. The average molecular weight is 458 g/mol. The van der Waals surface area contributed by atoms with Crippen LogP contribution in [0.4, 0.5) is 10.8 Å². The Morgan fingerprint density at radius 3 is 2.71 bits per heavy atom. The van der Waals surface area contributed by atoms with Crippen LogP contribution in [0.3, 0.4) is 0 Å². The molecule has 31 heavy (non-hydrogen) atoms. The van der Waals surface area contributed by atoms with Crippen LogP contribution in [0.15, 0.2) is 42.0 Å². The first-order valence-electron chi connectivity index (χ1n) is 9.97. The highest BCUT2D eigenvalue weighted by Gasteiger charge is 2.29. The van der Waals surface area contributed by atoms with E-state index in [1.165, 1.54) is 11.3 Å². The molecule has 4 rings (SSSR count). The number of carbonyl (C=O) groups is 1. The van der Waals surface area contributed by atoms with E-state index in [4.69, 9.17) is 4.74 Å². The molecule has 10 heteroatoms. The molecule has 2 N–H and O–H groups in total. The molecule has 0 radical (unpaired) electrons. The fraction of sp³-hybridized carbons (Fsp3) is 0.333. The van der Waals surface area contributed by atoms with Crippen molar-refractivity contribution in [2.45, 2.75) is 37.4 Å². The van der Waals surface area contributed by atoms with Crippen LogP contribution < -0.4 is 14.8 Å². The monoisotopic (exact) mass is 457 g/mol. The van der Waals surface area contributed by atoms with Gasteiger partial charge in [-0.15, -0.1) is 11.3 Å². The Bertz CT molecular complexity index is 1080. The van der Waals surface area contributed by atoms with Gasteiger partial charge in [-0.1, -0.05) is 19.1 Å². The van der Waals surface area contributed by atoms with Crippen molar-refractivity contribution < 1.29 is 13.7 Å². The molecule has 8 nitrogen and oxygen atoms in total. The maximum atomic E-state index is 12.9. The number of anilines is 2. The lowest BCUT2D eigenvalue weighted by atomic mass is 10.0. The number of nitrogens with one attached hydrogen (secondary N) is 2. The van der Waals surface area contributed by atoms with E-state index in [2.05, 4.69) is 25.0 Å². The molecule has 1 aliphatic rings. The standard InChI is InChI=1S/C21H23N5O3S2/c1-3-16(18-12-30-21(25-18)26-31(28)15-8-9-15)20(27)23-14-6-4-13(5-7-14)17-10-22-11-19(24-17)29-2/h4-7,10-12,15-16H,3,8-9H2,1-2H3,(H,23,27)(H,25,26). The Labute approximate surface area is 187 Å². The largest absolute Gasteiger partial charge is 0.480 e. The fourth-order valence-corrected chi connectivity index (χ4v) is 5.01. The number of benzene rings is 1. The summed E-state index contributed by atoms with van der Waals surface area (Å²) < 4.78 is 20.1. The van der Waals surface area contributed by atoms with Crippen molar-refractivity contribution in [2.24, 2.45) is 0 Å². The number of hydrogen-bond acceptors (Lipinski definition) is 7. The van der Waals surface area contributed by atoms with Crippen molar-refractivity contribution in [2.75, 3.05) is 17.1 Å². The van der Waals surface area contributed by atoms with Gasteiger partial charge in [0, 0.05) is 16.6 Å². The number of nitrogens with zero attached hydrogens (tertiary/aromatic N) is 3. The van der Waals surface area contributed by atoms with Crippen molar-refractivity contribution >= 4 is 39.0 Å². The van der Waals surface area contributed by atoms with Gasteiger partial charge >= 0.3 is 0 Å². The minimum Gasteiger partial charge on any atom is -0.480 e. The lowest BCUT2D eigenvalue weighted by Gasteiger charge is -2.13. The first-order chi connectivity index (χ1) is 15.1. The van der Waals surface area contributed by atoms with Crippen LogP contribution in [0.25, 0.3) is 11.3 Å². The van der Waals surface area contributed by atoms with E-state index in [0.717, 1.165) is 18.4 Å². The number of carbonyl (C=O) groups excluding carboxylic acids is 1. The van der Waals surface area contributed by atoms with Gasteiger partial charge in [0.2, 0.25) is 11.8 Å². The summed E-state index contributed by atoms with van der Waals surface area (Å²) >= 11 is 1.37. The van der Waals surface area contributed by atoms with Gasteiger partial charge in [0.15, 0.2) is 5.13 Å². The molecule has 2 unspecified atom stereocenters. The molecule has 3 aromatic rings. The summed E-state index contributed by atoms with van der Waals surface area (Å²) in [6.45, 7) is 1.95. The smallest absolute Gasteiger partial charge is 0.233 e. The van der Waals surface area contributed by atoms with Crippen LogP contribution in [0, 0.1) is 0 Å². The number of thiazole rings is 1. The first-order valence-corrected chi connectivity index (χ1v) is 12.1. The van der Waals surface area contributed by atoms with Crippen molar-refractivity contribution in [1.82, 2.24) is 15.0 Å². The summed E-state index contributed by atoms with van der Waals surface area (Å²) in [5.41, 5.74) is 2.93. The van der Waals surface area contributed by atoms with Gasteiger partial charge in [0.1, 0.15) is 11.0 Å². The van der Waals surface area contributed by atoms with Gasteiger partial charge in [-0.2, -0.15) is 0 Å². The summed E-state index contributed by atoms with van der Waals surface area (Å²) in [5, 5.41) is 5.63. The van der Waals surface area contributed by atoms with Gasteiger partial charge in [0.05, 0.1) is 42.1 Å². The van der Waals surface area contributed by atoms with Crippen molar-refractivity contribution in [3.05, 3.63) is 47.7 Å². The molecule has 0 aliphatic heterocycles. The van der Waals surface area contributed by atoms with E-state index >= 15 is 0 Å². The second-order valence-corrected chi connectivity index (χ2v) is 9.47. The maximum absolute atomic E-state index is 12.9. The Kier molecular flexibility index (Phi) is 6.57. The van der Waals surface area contributed by atoms with Crippen molar-refractivity contribution in [3.63, 3.8) is 0 Å². The minimum absolute atomic E-state index is 0.128. The minimum atomic E-state index is -1.10. The van der Waals surface area contributed by atoms with E-state index in [-0.39, 0.29) is 17.1 Å². The van der Waals surface area contributed by atoms with Crippen LogP contribution >= 0.6 is 11.3 Å². The van der Waals surface area contributed by atoms with E-state index in [0.29, 0.717) is 34.5 Å². The van der Waals surface area contributed by atoms with E-state index < -0.39 is 11.0 Å². The van der Waals surface area contributed by atoms with Crippen LogP contribution in [-0.4, -0.2) is 37.4 Å². The van der Waals surface area contributed by atoms with E-state index in [9.17, 15) is 9.00 Å². The summed E-state index contributed by atoms with van der Waals surface area (Å²) in [6.07, 6.45) is 5.79. The number of ether oxygens (including phenoxy) is 1. The number of rotatable bonds is 9. The second-order valence-electron chi connectivity index (χ2n) is 7.15. The van der Waals surface area contributed by atoms with Gasteiger partial charge in [-0.05, 0) is 31.4 Å². The first kappa shape index (κ1) is 21.4. The molecule has 162 valence electrons. The zero-order chi connectivity index (χ0) is 21.8. The quantitative estimate of drug-likeness (QED) is 0.503. The molecule has 1 saturated carbocycles. The van der Waals surface area contributed by atoms with Gasteiger partial charge in [-0.3, -0.25) is 14.5 Å². The topological polar surface area (TPSA) is 106 Å². The third-order valence-electron chi connectivity index (χ3n) is 4.89. The third-order valence-corrected chi connectivity index (χ3v) is 7.27. The molecule has 1 aromatic carbocycles. The molecule has 2 heterocycles. The van der Waals surface area contributed by atoms with Crippen LogP contribution in [-0.2, 0) is 15.8 Å².